The van der Waals surface area contributed by atoms with Gasteiger partial charge < -0.3 is 10.6 Å². The Bertz CT molecular complexity index is 493. The number of aryl methyl sites for hydroxylation is 1. The van der Waals surface area contributed by atoms with Gasteiger partial charge in [0, 0.05) is 19.5 Å². The summed E-state index contributed by atoms with van der Waals surface area (Å²) in [5.74, 6) is 4.19. The van der Waals surface area contributed by atoms with Crippen LogP contribution in [0.1, 0.15) is 96.2 Å². The van der Waals surface area contributed by atoms with E-state index < -0.39 is 0 Å². The Morgan fingerprint density at radius 3 is 1.63 bits per heavy atom. The molecule has 2 saturated carbocycles. The van der Waals surface area contributed by atoms with Crippen LogP contribution in [0.3, 0.4) is 0 Å². The summed E-state index contributed by atoms with van der Waals surface area (Å²) in [6, 6.07) is 0. The van der Waals surface area contributed by atoms with Crippen LogP contribution in [0.15, 0.2) is 0 Å². The molecule has 0 amide bonds. The normalized spacial score (nSPS) is 19.1. The first kappa shape index (κ1) is 20.3. The van der Waals surface area contributed by atoms with Crippen molar-refractivity contribution >= 4 is 11.9 Å². The topological polar surface area (TPSA) is 62.7 Å². The number of nitrogens with one attached hydrogen (secondary N) is 2. The first-order chi connectivity index (χ1) is 13.3. The average molecular weight is 374 g/mol. The van der Waals surface area contributed by atoms with E-state index in [-0.39, 0.29) is 0 Å². The zero-order valence-electron chi connectivity index (χ0n) is 17.3. The second-order valence-electron chi connectivity index (χ2n) is 8.59. The largest absolute Gasteiger partial charge is 0.354 e. The molecule has 1 aromatic rings. The number of nitrogens with zero attached hydrogens (tertiary/aromatic N) is 3. The third-order valence-corrected chi connectivity index (χ3v) is 6.28. The molecule has 0 aliphatic heterocycles. The molecule has 3 rings (SSSR count). The van der Waals surface area contributed by atoms with Crippen LogP contribution >= 0.6 is 0 Å². The molecule has 5 heteroatoms. The summed E-state index contributed by atoms with van der Waals surface area (Å²) in [5.41, 5.74) is 0. The molecular formula is C22H39N5. The molecule has 0 spiro atoms. The molecule has 0 atom stereocenters. The van der Waals surface area contributed by atoms with Crippen molar-refractivity contribution in [1.82, 2.24) is 15.0 Å². The minimum absolute atomic E-state index is 0.754. The van der Waals surface area contributed by atoms with Crippen molar-refractivity contribution in [1.29, 1.82) is 0 Å². The lowest BCUT2D eigenvalue weighted by molar-refractivity contribution is 0.345. The Morgan fingerprint density at radius 2 is 1.19 bits per heavy atom. The van der Waals surface area contributed by atoms with E-state index >= 15 is 0 Å². The summed E-state index contributed by atoms with van der Waals surface area (Å²) in [4.78, 5) is 13.9. The van der Waals surface area contributed by atoms with Crippen LogP contribution in [-0.2, 0) is 6.42 Å². The van der Waals surface area contributed by atoms with E-state index in [4.69, 9.17) is 0 Å². The molecule has 0 unspecified atom stereocenters. The second-order valence-corrected chi connectivity index (χ2v) is 8.59. The molecule has 2 aliphatic carbocycles. The average Bonchev–Trinajstić information content (AvgIpc) is 2.70. The highest BCUT2D eigenvalue weighted by Crippen LogP contribution is 2.27. The number of anilines is 2. The van der Waals surface area contributed by atoms with Gasteiger partial charge in [-0.1, -0.05) is 71.1 Å². The minimum atomic E-state index is 0.754. The van der Waals surface area contributed by atoms with Crippen LogP contribution in [0.2, 0.25) is 0 Å². The van der Waals surface area contributed by atoms with Gasteiger partial charge in [-0.3, -0.25) is 0 Å². The molecule has 0 radical (unpaired) electrons. The molecule has 0 saturated heterocycles. The van der Waals surface area contributed by atoms with Gasteiger partial charge in [0.2, 0.25) is 11.9 Å². The molecule has 1 heterocycles. The van der Waals surface area contributed by atoms with Crippen LogP contribution in [0.4, 0.5) is 11.9 Å². The summed E-state index contributed by atoms with van der Waals surface area (Å²) in [7, 11) is 0. The maximum Gasteiger partial charge on any atom is 0.227 e. The number of aromatic nitrogens is 3. The van der Waals surface area contributed by atoms with Crippen LogP contribution in [0, 0.1) is 11.8 Å². The van der Waals surface area contributed by atoms with E-state index in [0.717, 1.165) is 55.5 Å². The minimum Gasteiger partial charge on any atom is -0.354 e. The number of rotatable bonds is 10. The number of hydrogen-bond donors (Lipinski definition) is 2. The van der Waals surface area contributed by atoms with Gasteiger partial charge in [-0.15, -0.1) is 0 Å². The third kappa shape index (κ3) is 7.27. The molecular weight excluding hydrogens is 334 g/mol. The fraction of sp³-hybridized carbons (Fsp3) is 0.864. The lowest BCUT2D eigenvalue weighted by Gasteiger charge is -2.22. The molecule has 152 valence electrons. The van der Waals surface area contributed by atoms with Gasteiger partial charge in [-0.25, -0.2) is 0 Å². The highest BCUT2D eigenvalue weighted by atomic mass is 15.2. The summed E-state index contributed by atoms with van der Waals surface area (Å²) in [5, 5.41) is 6.94. The summed E-state index contributed by atoms with van der Waals surface area (Å²) >= 11 is 0. The Hall–Kier alpha value is -1.39. The second kappa shape index (κ2) is 11.5. The number of hydrogen-bond acceptors (Lipinski definition) is 5. The third-order valence-electron chi connectivity index (χ3n) is 6.28. The molecule has 27 heavy (non-hydrogen) atoms. The van der Waals surface area contributed by atoms with E-state index in [1.54, 1.807) is 0 Å². The zero-order chi connectivity index (χ0) is 18.7. The maximum atomic E-state index is 4.64. The Morgan fingerprint density at radius 1 is 0.704 bits per heavy atom. The molecule has 2 N–H and O–H groups in total. The van der Waals surface area contributed by atoms with Gasteiger partial charge in [0.25, 0.3) is 0 Å². The smallest absolute Gasteiger partial charge is 0.227 e. The molecule has 1 aromatic heterocycles. The van der Waals surface area contributed by atoms with Crippen molar-refractivity contribution in [2.75, 3.05) is 23.7 Å². The Balaban J connectivity index is 1.48. The van der Waals surface area contributed by atoms with Crippen molar-refractivity contribution in [3.63, 3.8) is 0 Å². The monoisotopic (exact) mass is 373 g/mol. The van der Waals surface area contributed by atoms with Crippen molar-refractivity contribution in [3.8, 4) is 0 Å². The Labute approximate surface area is 165 Å². The predicted octanol–water partition coefficient (Wildman–Crippen LogP) is 5.59. The molecule has 2 aliphatic rings. The van der Waals surface area contributed by atoms with E-state index in [0.29, 0.717) is 0 Å². The van der Waals surface area contributed by atoms with Crippen LogP contribution < -0.4 is 10.6 Å². The van der Waals surface area contributed by atoms with E-state index in [2.05, 4.69) is 32.5 Å². The summed E-state index contributed by atoms with van der Waals surface area (Å²) < 4.78 is 0. The van der Waals surface area contributed by atoms with Crippen molar-refractivity contribution < 1.29 is 0 Å². The molecule has 0 aromatic carbocycles. The summed E-state index contributed by atoms with van der Waals surface area (Å²) in [6.07, 6.45) is 18.5. The highest BCUT2D eigenvalue weighted by Gasteiger charge is 2.15. The van der Waals surface area contributed by atoms with Crippen LogP contribution in [0.5, 0.6) is 0 Å². The van der Waals surface area contributed by atoms with E-state index in [1.807, 2.05) is 0 Å². The highest BCUT2D eigenvalue weighted by molar-refractivity contribution is 5.34. The SMILES string of the molecule is CCCc1nc(NCCC2CCCCC2)nc(NCCC2CCCCC2)n1. The fourth-order valence-electron chi connectivity index (χ4n) is 4.64. The van der Waals surface area contributed by atoms with Crippen LogP contribution in [0.25, 0.3) is 0 Å². The predicted molar refractivity (Wildman–Crippen MR) is 113 cm³/mol. The first-order valence-corrected chi connectivity index (χ1v) is 11.6. The van der Waals surface area contributed by atoms with E-state index in [1.165, 1.54) is 77.0 Å². The van der Waals surface area contributed by atoms with Gasteiger partial charge in [0.05, 0.1) is 0 Å². The van der Waals surface area contributed by atoms with Crippen molar-refractivity contribution in [2.45, 2.75) is 96.8 Å². The lowest BCUT2D eigenvalue weighted by atomic mass is 9.87. The molecule has 0 bridgehead atoms. The molecule has 2 fully saturated rings. The van der Waals surface area contributed by atoms with Gasteiger partial charge >= 0.3 is 0 Å². The van der Waals surface area contributed by atoms with Crippen molar-refractivity contribution in [2.24, 2.45) is 11.8 Å². The fourth-order valence-corrected chi connectivity index (χ4v) is 4.64. The Kier molecular flexibility index (Phi) is 8.63. The van der Waals surface area contributed by atoms with Crippen molar-refractivity contribution in [3.05, 3.63) is 5.82 Å². The first-order valence-electron chi connectivity index (χ1n) is 11.6. The van der Waals surface area contributed by atoms with Crippen LogP contribution in [-0.4, -0.2) is 28.0 Å². The molecule has 5 nitrogen and oxygen atoms in total. The van der Waals surface area contributed by atoms with E-state index in [9.17, 15) is 0 Å². The standard InChI is InChI=1S/C22H39N5/c1-2-9-20-25-21(23-16-14-18-10-5-3-6-11-18)27-22(26-20)24-17-15-19-12-7-4-8-13-19/h18-19H,2-17H2,1H3,(H2,23,24,25,26,27). The van der Waals surface area contributed by atoms with Gasteiger partial charge in [-0.05, 0) is 31.1 Å². The van der Waals surface area contributed by atoms with Gasteiger partial charge in [-0.2, -0.15) is 15.0 Å². The van der Waals surface area contributed by atoms with Gasteiger partial charge in [0.15, 0.2) is 0 Å². The zero-order valence-corrected chi connectivity index (χ0v) is 17.3. The lowest BCUT2D eigenvalue weighted by Crippen LogP contribution is -2.17. The van der Waals surface area contributed by atoms with Gasteiger partial charge in [0.1, 0.15) is 5.82 Å². The maximum absolute atomic E-state index is 4.64. The summed E-state index contributed by atoms with van der Waals surface area (Å²) in [6.45, 7) is 4.12. The quantitative estimate of drug-likeness (QED) is 0.560.